The van der Waals surface area contributed by atoms with Crippen molar-refractivity contribution in [3.63, 3.8) is 0 Å². The standard InChI is InChI=1S/C20H21N3O4S2.BrH/c1-26-17-4-2-3-16(13-17)21-20-22-19(14-28-20)15-5-7-18(8-6-15)29(24,25)23-9-11-27-12-10-23;/h2-8,13-14H,9-12H2,1H3,(H,21,22);1H. The van der Waals surface area contributed by atoms with E-state index in [1.807, 2.05) is 29.6 Å². The Morgan fingerprint density at radius 1 is 1.13 bits per heavy atom. The quantitative estimate of drug-likeness (QED) is 0.535. The van der Waals surface area contributed by atoms with Crippen molar-refractivity contribution in [2.75, 3.05) is 38.7 Å². The summed E-state index contributed by atoms with van der Waals surface area (Å²) in [6.45, 7) is 1.63. The highest BCUT2D eigenvalue weighted by atomic mass is 79.9. The first-order chi connectivity index (χ1) is 14.1. The number of methoxy groups -OCH3 is 1. The summed E-state index contributed by atoms with van der Waals surface area (Å²) in [5, 5.41) is 5.95. The number of anilines is 2. The van der Waals surface area contributed by atoms with E-state index in [9.17, 15) is 8.42 Å². The summed E-state index contributed by atoms with van der Waals surface area (Å²) in [4.78, 5) is 4.89. The number of benzene rings is 2. The molecule has 0 atom stereocenters. The van der Waals surface area contributed by atoms with Gasteiger partial charge in [0, 0.05) is 35.8 Å². The van der Waals surface area contributed by atoms with Gasteiger partial charge in [-0.2, -0.15) is 4.31 Å². The van der Waals surface area contributed by atoms with Gasteiger partial charge < -0.3 is 14.8 Å². The number of halogens is 1. The molecule has 3 aromatic rings. The fourth-order valence-electron chi connectivity index (χ4n) is 3.02. The van der Waals surface area contributed by atoms with Crippen LogP contribution in [-0.4, -0.2) is 51.1 Å². The number of rotatable bonds is 6. The highest BCUT2D eigenvalue weighted by molar-refractivity contribution is 8.93. The second kappa shape index (κ2) is 9.88. The van der Waals surface area contributed by atoms with Gasteiger partial charge in [-0.05, 0) is 24.3 Å². The molecule has 0 aliphatic carbocycles. The molecule has 0 radical (unpaired) electrons. The number of ether oxygens (including phenoxy) is 2. The monoisotopic (exact) mass is 511 g/mol. The molecule has 1 N–H and O–H groups in total. The van der Waals surface area contributed by atoms with Crippen LogP contribution in [0, 0.1) is 0 Å². The Hall–Kier alpha value is -1.98. The Morgan fingerprint density at radius 2 is 1.87 bits per heavy atom. The van der Waals surface area contributed by atoms with Crippen molar-refractivity contribution in [3.8, 4) is 17.0 Å². The highest BCUT2D eigenvalue weighted by Crippen LogP contribution is 2.29. The second-order valence-corrected chi connectivity index (χ2v) is 9.23. The summed E-state index contributed by atoms with van der Waals surface area (Å²) in [7, 11) is -1.86. The average Bonchev–Trinajstić information content (AvgIpc) is 3.23. The first kappa shape index (κ1) is 22.7. The van der Waals surface area contributed by atoms with E-state index in [1.165, 1.54) is 15.6 Å². The van der Waals surface area contributed by atoms with Crippen molar-refractivity contribution in [2.24, 2.45) is 0 Å². The van der Waals surface area contributed by atoms with Gasteiger partial charge >= 0.3 is 0 Å². The van der Waals surface area contributed by atoms with Crippen LogP contribution in [0.1, 0.15) is 0 Å². The van der Waals surface area contributed by atoms with Gasteiger partial charge in [0.25, 0.3) is 0 Å². The molecule has 160 valence electrons. The lowest BCUT2D eigenvalue weighted by molar-refractivity contribution is 0.0730. The van der Waals surface area contributed by atoms with Crippen LogP contribution in [0.25, 0.3) is 11.3 Å². The Bertz CT molecular complexity index is 1080. The van der Waals surface area contributed by atoms with Crippen LogP contribution in [0.2, 0.25) is 0 Å². The third-order valence-corrected chi connectivity index (χ3v) is 7.25. The minimum Gasteiger partial charge on any atom is -0.497 e. The molecular weight excluding hydrogens is 490 g/mol. The lowest BCUT2D eigenvalue weighted by Gasteiger charge is -2.26. The van der Waals surface area contributed by atoms with Crippen LogP contribution in [0.5, 0.6) is 5.75 Å². The predicted octanol–water partition coefficient (Wildman–Crippen LogP) is 4.16. The Kier molecular flexibility index (Phi) is 7.48. The molecule has 1 aromatic heterocycles. The van der Waals surface area contributed by atoms with E-state index in [0.29, 0.717) is 26.3 Å². The van der Waals surface area contributed by atoms with E-state index in [2.05, 4.69) is 10.3 Å². The number of hydrogen-bond acceptors (Lipinski definition) is 7. The largest absolute Gasteiger partial charge is 0.497 e. The number of nitrogens with one attached hydrogen (secondary N) is 1. The van der Waals surface area contributed by atoms with Gasteiger partial charge in [0.2, 0.25) is 10.0 Å². The molecule has 1 aliphatic heterocycles. The van der Waals surface area contributed by atoms with Crippen molar-refractivity contribution >= 4 is 49.2 Å². The predicted molar refractivity (Wildman–Crippen MR) is 124 cm³/mol. The molecule has 7 nitrogen and oxygen atoms in total. The van der Waals surface area contributed by atoms with Gasteiger partial charge in [0.15, 0.2) is 5.13 Å². The van der Waals surface area contributed by atoms with Gasteiger partial charge in [-0.15, -0.1) is 28.3 Å². The van der Waals surface area contributed by atoms with Gasteiger partial charge in [-0.3, -0.25) is 0 Å². The van der Waals surface area contributed by atoms with Crippen molar-refractivity contribution in [3.05, 3.63) is 53.9 Å². The summed E-state index contributed by atoms with van der Waals surface area (Å²) in [5.41, 5.74) is 2.54. The summed E-state index contributed by atoms with van der Waals surface area (Å²) in [5.74, 6) is 0.767. The Balaban J connectivity index is 0.00000256. The Morgan fingerprint density at radius 3 is 2.57 bits per heavy atom. The molecule has 2 aromatic carbocycles. The molecule has 10 heteroatoms. The smallest absolute Gasteiger partial charge is 0.243 e. The van der Waals surface area contributed by atoms with Gasteiger partial charge in [0.05, 0.1) is 30.9 Å². The molecule has 1 aliphatic rings. The summed E-state index contributed by atoms with van der Waals surface area (Å²) >= 11 is 1.48. The number of thiazole rings is 1. The normalized spacial score (nSPS) is 14.7. The summed E-state index contributed by atoms with van der Waals surface area (Å²) in [6, 6.07) is 14.5. The van der Waals surface area contributed by atoms with Crippen LogP contribution < -0.4 is 10.1 Å². The molecule has 30 heavy (non-hydrogen) atoms. The molecule has 0 spiro atoms. The minimum atomic E-state index is -3.49. The molecule has 0 saturated carbocycles. The SMILES string of the molecule is Br.COc1cccc(Nc2nc(-c3ccc(S(=O)(=O)N4CCOCC4)cc3)cs2)c1. The summed E-state index contributed by atoms with van der Waals surface area (Å²) < 4.78 is 37.4. The van der Waals surface area contributed by atoms with Gasteiger partial charge in [-0.25, -0.2) is 13.4 Å². The van der Waals surface area contributed by atoms with Crippen molar-refractivity contribution in [2.45, 2.75) is 4.90 Å². The number of sulfonamides is 1. The zero-order valence-corrected chi connectivity index (χ0v) is 19.6. The van der Waals surface area contributed by atoms with Crippen LogP contribution >= 0.6 is 28.3 Å². The molecule has 0 amide bonds. The first-order valence-corrected chi connectivity index (χ1v) is 11.4. The fraction of sp³-hybridized carbons (Fsp3) is 0.250. The van der Waals surface area contributed by atoms with E-state index in [-0.39, 0.29) is 21.9 Å². The van der Waals surface area contributed by atoms with Crippen molar-refractivity contribution in [1.29, 1.82) is 0 Å². The molecule has 1 fully saturated rings. The maximum atomic E-state index is 12.7. The lowest BCUT2D eigenvalue weighted by atomic mass is 10.2. The van der Waals surface area contributed by atoms with Crippen LogP contribution in [0.3, 0.4) is 0 Å². The van der Waals surface area contributed by atoms with E-state index >= 15 is 0 Å². The van der Waals surface area contributed by atoms with Crippen LogP contribution in [0.15, 0.2) is 58.8 Å². The van der Waals surface area contributed by atoms with Crippen molar-refractivity contribution < 1.29 is 17.9 Å². The molecule has 4 rings (SSSR count). The van der Waals surface area contributed by atoms with E-state index in [4.69, 9.17) is 9.47 Å². The van der Waals surface area contributed by atoms with Crippen LogP contribution in [0.4, 0.5) is 10.8 Å². The number of aromatic nitrogens is 1. The number of nitrogens with zero attached hydrogens (tertiary/aromatic N) is 2. The number of morpholine rings is 1. The number of hydrogen-bond donors (Lipinski definition) is 1. The van der Waals surface area contributed by atoms with Gasteiger partial charge in [-0.1, -0.05) is 18.2 Å². The zero-order valence-electron chi connectivity index (χ0n) is 16.3. The van der Waals surface area contributed by atoms with E-state index < -0.39 is 10.0 Å². The molecule has 1 saturated heterocycles. The highest BCUT2D eigenvalue weighted by Gasteiger charge is 2.26. The third-order valence-electron chi connectivity index (χ3n) is 4.58. The third kappa shape index (κ3) is 5.01. The fourth-order valence-corrected chi connectivity index (χ4v) is 5.17. The topological polar surface area (TPSA) is 80.8 Å². The maximum absolute atomic E-state index is 12.7. The zero-order chi connectivity index (χ0) is 20.3. The van der Waals surface area contributed by atoms with Gasteiger partial charge in [0.1, 0.15) is 5.75 Å². The van der Waals surface area contributed by atoms with Crippen molar-refractivity contribution in [1.82, 2.24) is 9.29 Å². The molecule has 0 unspecified atom stereocenters. The van der Waals surface area contributed by atoms with E-state index in [0.717, 1.165) is 27.8 Å². The summed E-state index contributed by atoms with van der Waals surface area (Å²) in [6.07, 6.45) is 0. The maximum Gasteiger partial charge on any atom is 0.243 e. The first-order valence-electron chi connectivity index (χ1n) is 9.11. The molecule has 2 heterocycles. The Labute approximate surface area is 190 Å². The van der Waals surface area contributed by atoms with E-state index in [1.54, 1.807) is 31.4 Å². The lowest BCUT2D eigenvalue weighted by Crippen LogP contribution is -2.40. The molecule has 0 bridgehead atoms. The minimum absolute atomic E-state index is 0. The second-order valence-electron chi connectivity index (χ2n) is 6.44. The molecular formula is C20H22BrN3O4S2. The van der Waals surface area contributed by atoms with Crippen LogP contribution in [-0.2, 0) is 14.8 Å². The average molecular weight is 512 g/mol.